The second-order valence-electron chi connectivity index (χ2n) is 3.61. The Labute approximate surface area is 104 Å². The third kappa shape index (κ3) is 4.42. The number of hydrogen-bond donors (Lipinski definition) is 2. The molecule has 0 amide bonds. The number of benzene rings is 1. The van der Waals surface area contributed by atoms with E-state index in [9.17, 15) is 14.7 Å². The SMILES string of the molecule is CC(=O)OCOC(=O)Cc1ccc(O)c(CN)c1. The van der Waals surface area contributed by atoms with Gasteiger partial charge in [-0.15, -0.1) is 0 Å². The van der Waals surface area contributed by atoms with Gasteiger partial charge >= 0.3 is 11.9 Å². The van der Waals surface area contributed by atoms with Gasteiger partial charge < -0.3 is 20.3 Å². The molecule has 0 unspecified atom stereocenters. The van der Waals surface area contributed by atoms with Crippen molar-refractivity contribution in [3.8, 4) is 5.75 Å². The summed E-state index contributed by atoms with van der Waals surface area (Å²) in [6.45, 7) is 1.01. The Balaban J connectivity index is 2.51. The normalized spacial score (nSPS) is 9.89. The van der Waals surface area contributed by atoms with Crippen LogP contribution >= 0.6 is 0 Å². The average molecular weight is 253 g/mol. The third-order valence-corrected chi connectivity index (χ3v) is 2.19. The molecule has 1 aromatic carbocycles. The van der Waals surface area contributed by atoms with Crippen molar-refractivity contribution in [1.82, 2.24) is 0 Å². The van der Waals surface area contributed by atoms with Gasteiger partial charge in [0.15, 0.2) is 0 Å². The molecule has 0 saturated heterocycles. The molecule has 0 saturated carbocycles. The van der Waals surface area contributed by atoms with Gasteiger partial charge in [-0.1, -0.05) is 12.1 Å². The van der Waals surface area contributed by atoms with Crippen molar-refractivity contribution < 1.29 is 24.2 Å². The lowest BCUT2D eigenvalue weighted by molar-refractivity contribution is -0.165. The van der Waals surface area contributed by atoms with Crippen LogP contribution in [-0.2, 0) is 32.0 Å². The predicted molar refractivity (Wildman–Crippen MR) is 62.4 cm³/mol. The fourth-order valence-corrected chi connectivity index (χ4v) is 1.31. The van der Waals surface area contributed by atoms with Crippen LogP contribution in [0.15, 0.2) is 18.2 Å². The highest BCUT2D eigenvalue weighted by molar-refractivity contribution is 5.73. The van der Waals surface area contributed by atoms with E-state index < -0.39 is 18.7 Å². The summed E-state index contributed by atoms with van der Waals surface area (Å²) in [4.78, 5) is 21.8. The van der Waals surface area contributed by atoms with E-state index in [1.807, 2.05) is 0 Å². The van der Waals surface area contributed by atoms with Gasteiger partial charge in [-0.25, -0.2) is 0 Å². The zero-order valence-electron chi connectivity index (χ0n) is 10.0. The molecule has 0 atom stereocenters. The van der Waals surface area contributed by atoms with E-state index in [4.69, 9.17) is 5.73 Å². The smallest absolute Gasteiger partial charge is 0.313 e. The molecule has 0 aliphatic carbocycles. The number of hydrogen-bond acceptors (Lipinski definition) is 6. The summed E-state index contributed by atoms with van der Waals surface area (Å²) < 4.78 is 9.16. The van der Waals surface area contributed by atoms with Crippen LogP contribution in [0.25, 0.3) is 0 Å². The second-order valence-corrected chi connectivity index (χ2v) is 3.61. The molecule has 3 N–H and O–H groups in total. The topological polar surface area (TPSA) is 98.8 Å². The van der Waals surface area contributed by atoms with Crippen molar-refractivity contribution in [2.24, 2.45) is 5.73 Å². The van der Waals surface area contributed by atoms with Gasteiger partial charge in [0, 0.05) is 19.0 Å². The molecule has 0 fully saturated rings. The van der Waals surface area contributed by atoms with Gasteiger partial charge in [0.2, 0.25) is 6.79 Å². The molecule has 0 aliphatic rings. The number of carbonyl (C=O) groups is 2. The van der Waals surface area contributed by atoms with Gasteiger partial charge in [0.25, 0.3) is 0 Å². The molecular formula is C12H15NO5. The highest BCUT2D eigenvalue weighted by atomic mass is 16.7. The summed E-state index contributed by atoms with van der Waals surface area (Å²) >= 11 is 0. The number of phenolic OH excluding ortho intramolecular Hbond substituents is 1. The summed E-state index contributed by atoms with van der Waals surface area (Å²) in [5, 5.41) is 9.42. The molecule has 6 nitrogen and oxygen atoms in total. The Morgan fingerprint density at radius 3 is 2.67 bits per heavy atom. The molecule has 0 aromatic heterocycles. The van der Waals surface area contributed by atoms with Gasteiger partial charge in [-0.3, -0.25) is 9.59 Å². The van der Waals surface area contributed by atoms with Crippen molar-refractivity contribution in [1.29, 1.82) is 0 Å². The third-order valence-electron chi connectivity index (χ3n) is 2.19. The van der Waals surface area contributed by atoms with Crippen molar-refractivity contribution in [3.63, 3.8) is 0 Å². The molecule has 98 valence electrons. The van der Waals surface area contributed by atoms with E-state index in [0.29, 0.717) is 11.1 Å². The number of esters is 2. The van der Waals surface area contributed by atoms with Crippen LogP contribution in [0.2, 0.25) is 0 Å². The van der Waals surface area contributed by atoms with Crippen LogP contribution < -0.4 is 5.73 Å². The molecule has 0 spiro atoms. The number of ether oxygens (including phenoxy) is 2. The standard InChI is InChI=1S/C12H15NO5/c1-8(14)17-7-18-12(16)5-9-2-3-11(15)10(4-9)6-13/h2-4,15H,5-7,13H2,1H3. The maximum Gasteiger partial charge on any atom is 0.313 e. The van der Waals surface area contributed by atoms with Gasteiger partial charge in [0.1, 0.15) is 5.75 Å². The molecule has 1 rings (SSSR count). The molecule has 18 heavy (non-hydrogen) atoms. The lowest BCUT2D eigenvalue weighted by Gasteiger charge is -2.07. The Bertz CT molecular complexity index is 444. The minimum atomic E-state index is -0.523. The quantitative estimate of drug-likeness (QED) is 0.584. The number of carbonyl (C=O) groups excluding carboxylic acids is 2. The number of rotatable bonds is 5. The summed E-state index contributed by atoms with van der Waals surface area (Å²) in [6.07, 6.45) is 0.0224. The fourth-order valence-electron chi connectivity index (χ4n) is 1.31. The fraction of sp³-hybridized carbons (Fsp3) is 0.333. The van der Waals surface area contributed by atoms with Crippen LogP contribution in [0.3, 0.4) is 0 Å². The summed E-state index contributed by atoms with van der Waals surface area (Å²) in [6, 6.07) is 4.70. The Kier molecular flexibility index (Phi) is 5.13. The first-order valence-corrected chi connectivity index (χ1v) is 5.32. The highest BCUT2D eigenvalue weighted by Gasteiger charge is 2.08. The molecule has 1 aromatic rings. The number of nitrogens with two attached hydrogens (primary N) is 1. The van der Waals surface area contributed by atoms with E-state index in [1.54, 1.807) is 12.1 Å². The molecule has 0 radical (unpaired) electrons. The van der Waals surface area contributed by atoms with Crippen molar-refractivity contribution in [3.05, 3.63) is 29.3 Å². The van der Waals surface area contributed by atoms with E-state index in [0.717, 1.165) is 0 Å². The summed E-state index contributed by atoms with van der Waals surface area (Å²) in [5.41, 5.74) is 6.65. The van der Waals surface area contributed by atoms with Crippen LogP contribution in [0.1, 0.15) is 18.1 Å². The van der Waals surface area contributed by atoms with Gasteiger partial charge in [-0.05, 0) is 11.6 Å². The minimum absolute atomic E-state index is 0.0224. The van der Waals surface area contributed by atoms with E-state index in [-0.39, 0.29) is 18.7 Å². The van der Waals surface area contributed by atoms with E-state index in [1.165, 1.54) is 13.0 Å². The molecule has 6 heteroatoms. The molecule has 0 aliphatic heterocycles. The van der Waals surface area contributed by atoms with Crippen LogP contribution in [-0.4, -0.2) is 23.8 Å². The van der Waals surface area contributed by atoms with Gasteiger partial charge in [0.05, 0.1) is 6.42 Å². The van der Waals surface area contributed by atoms with Crippen LogP contribution in [0, 0.1) is 0 Å². The van der Waals surface area contributed by atoms with Gasteiger partial charge in [-0.2, -0.15) is 0 Å². The Morgan fingerprint density at radius 2 is 2.06 bits per heavy atom. The van der Waals surface area contributed by atoms with Crippen molar-refractivity contribution >= 4 is 11.9 Å². The van der Waals surface area contributed by atoms with Crippen LogP contribution in [0.5, 0.6) is 5.75 Å². The summed E-state index contributed by atoms with van der Waals surface area (Å²) in [7, 11) is 0. The molecule has 0 bridgehead atoms. The van der Waals surface area contributed by atoms with E-state index in [2.05, 4.69) is 9.47 Å². The lowest BCUT2D eigenvalue weighted by atomic mass is 10.1. The summed E-state index contributed by atoms with van der Waals surface area (Å²) in [5.74, 6) is -0.947. The monoisotopic (exact) mass is 253 g/mol. The Hall–Kier alpha value is -2.08. The lowest BCUT2D eigenvalue weighted by Crippen LogP contribution is -2.13. The molecule has 0 heterocycles. The maximum absolute atomic E-state index is 11.4. The maximum atomic E-state index is 11.4. The van der Waals surface area contributed by atoms with E-state index >= 15 is 0 Å². The number of phenols is 1. The second kappa shape index (κ2) is 6.61. The van der Waals surface area contributed by atoms with Crippen LogP contribution in [0.4, 0.5) is 0 Å². The van der Waals surface area contributed by atoms with Crippen molar-refractivity contribution in [2.75, 3.05) is 6.79 Å². The first kappa shape index (κ1) is 14.0. The highest BCUT2D eigenvalue weighted by Crippen LogP contribution is 2.18. The zero-order chi connectivity index (χ0) is 13.5. The van der Waals surface area contributed by atoms with Crippen molar-refractivity contribution in [2.45, 2.75) is 19.9 Å². The number of aromatic hydroxyl groups is 1. The largest absolute Gasteiger partial charge is 0.508 e. The first-order chi connectivity index (χ1) is 8.52. The Morgan fingerprint density at radius 1 is 1.33 bits per heavy atom. The first-order valence-electron chi connectivity index (χ1n) is 5.32. The minimum Gasteiger partial charge on any atom is -0.508 e. The molecular weight excluding hydrogens is 238 g/mol. The average Bonchev–Trinajstić information content (AvgIpc) is 2.31. The predicted octanol–water partition coefficient (Wildman–Crippen LogP) is 0.457. The zero-order valence-corrected chi connectivity index (χ0v) is 10.0.